The van der Waals surface area contributed by atoms with Gasteiger partial charge in [0, 0.05) is 79.9 Å². The Kier molecular flexibility index (Phi) is 12.1. The average Bonchev–Trinajstić information content (AvgIpc) is 3.17. The van der Waals surface area contributed by atoms with Crippen LogP contribution < -0.4 is 10.6 Å². The summed E-state index contributed by atoms with van der Waals surface area (Å²) in [6.07, 6.45) is -0.713. The van der Waals surface area contributed by atoms with E-state index in [1.165, 1.54) is 18.2 Å². The van der Waals surface area contributed by atoms with Crippen LogP contribution >= 0.6 is 0 Å². The highest BCUT2D eigenvalue weighted by Crippen LogP contribution is 2.34. The number of morpholine rings is 2. The predicted molar refractivity (Wildman–Crippen MR) is 210 cm³/mol. The van der Waals surface area contributed by atoms with Crippen molar-refractivity contribution in [2.45, 2.75) is 33.1 Å². The van der Waals surface area contributed by atoms with Gasteiger partial charge in [-0.2, -0.15) is 13.2 Å². The zero-order valence-electron chi connectivity index (χ0n) is 31.2. The number of benzene rings is 4. The lowest BCUT2D eigenvalue weighted by Crippen LogP contribution is -2.35. The molecule has 13 heteroatoms. The fourth-order valence-electron chi connectivity index (χ4n) is 7.25. The van der Waals surface area contributed by atoms with E-state index in [9.17, 15) is 22.0 Å². The van der Waals surface area contributed by atoms with Gasteiger partial charge in [0.15, 0.2) is 0 Å². The molecule has 8 nitrogen and oxygen atoms in total. The number of alkyl halides is 3. The van der Waals surface area contributed by atoms with Crippen LogP contribution in [0.25, 0.3) is 21.5 Å². The first-order valence-electron chi connectivity index (χ1n) is 18.5. The number of anilines is 4. The Hall–Kier alpha value is -5.21. The van der Waals surface area contributed by atoms with Crippen molar-refractivity contribution in [2.24, 2.45) is 0 Å². The molecule has 292 valence electrons. The van der Waals surface area contributed by atoms with Crippen molar-refractivity contribution in [1.29, 1.82) is 0 Å². The minimum absolute atomic E-state index is 0.337. The second-order valence-electron chi connectivity index (χ2n) is 14.0. The number of pyridine rings is 2. The smallest absolute Gasteiger partial charge is 0.379 e. The molecule has 0 radical (unpaired) electrons. The molecule has 0 amide bonds. The summed E-state index contributed by atoms with van der Waals surface area (Å²) < 4.78 is 77.0. The molecule has 2 aliphatic rings. The van der Waals surface area contributed by atoms with E-state index in [2.05, 4.69) is 43.4 Å². The summed E-state index contributed by atoms with van der Waals surface area (Å²) in [6, 6.07) is 20.5. The van der Waals surface area contributed by atoms with E-state index >= 15 is 0 Å². The molecule has 0 spiro atoms. The summed E-state index contributed by atoms with van der Waals surface area (Å²) >= 11 is 0. The van der Waals surface area contributed by atoms with Crippen LogP contribution in [0, 0.1) is 25.5 Å². The van der Waals surface area contributed by atoms with Gasteiger partial charge < -0.3 is 20.1 Å². The van der Waals surface area contributed by atoms with E-state index in [0.717, 1.165) is 128 Å². The van der Waals surface area contributed by atoms with Crippen molar-refractivity contribution in [1.82, 2.24) is 19.8 Å². The van der Waals surface area contributed by atoms with Gasteiger partial charge in [-0.15, -0.1) is 0 Å². The van der Waals surface area contributed by atoms with Gasteiger partial charge in [-0.05, 0) is 77.2 Å². The Labute approximate surface area is 322 Å². The molecular weight excluding hydrogens is 728 g/mol. The maximum absolute atomic E-state index is 13.5. The molecule has 4 heterocycles. The van der Waals surface area contributed by atoms with Crippen LogP contribution in [0.5, 0.6) is 0 Å². The predicted octanol–water partition coefficient (Wildman–Crippen LogP) is 9.54. The van der Waals surface area contributed by atoms with Gasteiger partial charge in [0.05, 0.1) is 32.0 Å². The average molecular weight is 771 g/mol. The molecule has 8 rings (SSSR count). The number of hydrogen-bond donors (Lipinski definition) is 2. The zero-order valence-corrected chi connectivity index (χ0v) is 31.2. The lowest BCUT2D eigenvalue weighted by atomic mass is 10.0. The van der Waals surface area contributed by atoms with Gasteiger partial charge in [0.2, 0.25) is 0 Å². The van der Waals surface area contributed by atoms with Crippen LogP contribution in [-0.4, -0.2) is 72.4 Å². The highest BCUT2D eigenvalue weighted by molar-refractivity contribution is 5.98. The van der Waals surface area contributed by atoms with E-state index in [0.29, 0.717) is 23.0 Å². The van der Waals surface area contributed by atoms with Crippen molar-refractivity contribution >= 4 is 44.6 Å². The minimum atomic E-state index is -4.38. The molecule has 0 bridgehead atoms. The fourth-order valence-corrected chi connectivity index (χ4v) is 7.25. The van der Waals surface area contributed by atoms with Gasteiger partial charge >= 0.3 is 6.18 Å². The van der Waals surface area contributed by atoms with Crippen molar-refractivity contribution in [2.75, 3.05) is 63.2 Å². The molecule has 2 fully saturated rings. The van der Waals surface area contributed by atoms with Gasteiger partial charge in [-0.3, -0.25) is 9.80 Å². The first-order valence-corrected chi connectivity index (χ1v) is 18.5. The number of nitrogens with one attached hydrogen (secondary N) is 2. The Morgan fingerprint density at radius 3 is 1.55 bits per heavy atom. The normalized spacial score (nSPS) is 15.4. The van der Waals surface area contributed by atoms with Gasteiger partial charge in [-0.1, -0.05) is 42.5 Å². The number of fused-ring (bicyclic) bond motifs is 2. The third-order valence-electron chi connectivity index (χ3n) is 9.97. The zero-order chi connectivity index (χ0) is 39.2. The number of hydrogen-bond acceptors (Lipinski definition) is 8. The van der Waals surface area contributed by atoms with Gasteiger partial charge in [-0.25, -0.2) is 18.7 Å². The molecule has 56 heavy (non-hydrogen) atoms. The Morgan fingerprint density at radius 1 is 0.607 bits per heavy atom. The lowest BCUT2D eigenvalue weighted by molar-refractivity contribution is -0.137. The third-order valence-corrected chi connectivity index (χ3v) is 9.97. The summed E-state index contributed by atoms with van der Waals surface area (Å²) in [5.74, 6) is -0.109. The monoisotopic (exact) mass is 770 g/mol. The fraction of sp³-hybridized carbons (Fsp3) is 0.302. The van der Waals surface area contributed by atoms with Crippen LogP contribution in [0.4, 0.5) is 45.0 Å². The quantitative estimate of drug-likeness (QED) is 0.148. The highest BCUT2D eigenvalue weighted by Gasteiger charge is 2.30. The Bertz CT molecular complexity index is 2290. The summed E-state index contributed by atoms with van der Waals surface area (Å²) in [5.41, 5.74) is 4.51. The number of aryl methyl sites for hydroxylation is 2. The Balaban J connectivity index is 0.000000172. The lowest BCUT2D eigenvalue weighted by Gasteiger charge is -2.27. The summed E-state index contributed by atoms with van der Waals surface area (Å²) in [4.78, 5) is 13.8. The topological polar surface area (TPSA) is 74.8 Å². The Morgan fingerprint density at radius 2 is 1.07 bits per heavy atom. The summed E-state index contributed by atoms with van der Waals surface area (Å²) in [6.45, 7) is 12.1. The summed E-state index contributed by atoms with van der Waals surface area (Å²) in [7, 11) is 0. The molecule has 2 N–H and O–H groups in total. The first kappa shape index (κ1) is 39.0. The second-order valence-corrected chi connectivity index (χ2v) is 14.0. The molecule has 2 aliphatic heterocycles. The highest BCUT2D eigenvalue weighted by atomic mass is 19.4. The number of rotatable bonds is 8. The minimum Gasteiger partial charge on any atom is -0.379 e. The second kappa shape index (κ2) is 17.3. The maximum atomic E-state index is 13.5. The number of ether oxygens (including phenoxy) is 2. The number of aromatic nitrogens is 2. The first-order chi connectivity index (χ1) is 27.0. The van der Waals surface area contributed by atoms with Crippen LogP contribution in [0.1, 0.15) is 27.8 Å². The van der Waals surface area contributed by atoms with Crippen molar-refractivity contribution in [3.63, 3.8) is 0 Å². The number of halogens is 5. The van der Waals surface area contributed by atoms with Crippen LogP contribution in [-0.2, 0) is 28.7 Å². The molecule has 0 aliphatic carbocycles. The largest absolute Gasteiger partial charge is 0.416 e. The molecule has 0 unspecified atom stereocenters. The summed E-state index contributed by atoms with van der Waals surface area (Å²) in [5, 5.41) is 10.2. The van der Waals surface area contributed by atoms with Crippen LogP contribution in [0.3, 0.4) is 0 Å². The molecule has 2 saturated heterocycles. The molecule has 0 atom stereocenters. The van der Waals surface area contributed by atoms with Gasteiger partial charge in [0.1, 0.15) is 23.3 Å². The molecular formula is C43H43F5N6O2. The number of nitrogens with zero attached hydrogens (tertiary/aromatic N) is 4. The van der Waals surface area contributed by atoms with E-state index in [1.54, 1.807) is 6.07 Å². The molecule has 0 saturated carbocycles. The van der Waals surface area contributed by atoms with E-state index in [-0.39, 0.29) is 0 Å². The standard InChI is InChI=1S/C22H22F3N3O.C21H21F2N3O/c1-15-4-2-7-19-20(15)16(14-28-8-10-29-11-9-28)13-26-21(19)27-18-6-3-5-17(12-18)22(23,24)25;1-14-3-2-4-19-20(14)15(13-26-5-7-27-8-6-26)12-24-21(19)25-18-10-16(22)9-17(23)11-18/h2-7,12-13H,8-11,14H2,1H3,(H,26,27);2-4,9-12H,5-8,13H2,1H3,(H,24,25). The molecule has 6 aromatic rings. The van der Waals surface area contributed by atoms with Crippen molar-refractivity contribution < 1.29 is 31.4 Å². The van der Waals surface area contributed by atoms with Gasteiger partial charge in [0.25, 0.3) is 0 Å². The van der Waals surface area contributed by atoms with Crippen molar-refractivity contribution in [3.05, 3.63) is 131 Å². The van der Waals surface area contributed by atoms with E-state index < -0.39 is 23.4 Å². The molecule has 2 aromatic heterocycles. The molecule has 4 aromatic carbocycles. The maximum Gasteiger partial charge on any atom is 0.416 e. The van der Waals surface area contributed by atoms with Crippen molar-refractivity contribution in [3.8, 4) is 0 Å². The SMILES string of the molecule is Cc1cccc2c(Nc3cc(F)cc(F)c3)ncc(CN3CCOCC3)c12.Cc1cccc2c(Nc3cccc(C(F)(F)F)c3)ncc(CN3CCOCC3)c12. The third kappa shape index (κ3) is 9.42. The van der Waals surface area contributed by atoms with E-state index in [4.69, 9.17) is 9.47 Å². The van der Waals surface area contributed by atoms with E-state index in [1.807, 2.05) is 49.6 Å². The van der Waals surface area contributed by atoms with Crippen LogP contribution in [0.2, 0.25) is 0 Å². The van der Waals surface area contributed by atoms with Crippen LogP contribution in [0.15, 0.2) is 91.3 Å².